The summed E-state index contributed by atoms with van der Waals surface area (Å²) in [5.41, 5.74) is 7.23. The van der Waals surface area contributed by atoms with E-state index in [1.807, 2.05) is 0 Å². The number of hydrogen-bond donors (Lipinski definition) is 0. The molecule has 0 aliphatic heterocycles. The van der Waals surface area contributed by atoms with E-state index in [9.17, 15) is 0 Å². The van der Waals surface area contributed by atoms with Crippen molar-refractivity contribution >= 4 is 10.9 Å². The standard InChI is InChI=1S/C17H25N/c1-10(2)14-8-12(5)13(6)17-16(14)15(11(3)4)9-18(17)7/h8-11H,1-7H3. The normalized spacial score (nSPS) is 12.1. The average molecular weight is 243 g/mol. The van der Waals surface area contributed by atoms with Crippen LogP contribution in [0.2, 0.25) is 0 Å². The topological polar surface area (TPSA) is 4.93 Å². The Labute approximate surface area is 111 Å². The first-order valence-corrected chi connectivity index (χ1v) is 6.93. The van der Waals surface area contributed by atoms with Gasteiger partial charge in [-0.15, -0.1) is 0 Å². The minimum Gasteiger partial charge on any atom is -0.350 e. The third-order valence-electron chi connectivity index (χ3n) is 4.06. The van der Waals surface area contributed by atoms with Crippen LogP contribution >= 0.6 is 0 Å². The van der Waals surface area contributed by atoms with E-state index in [-0.39, 0.29) is 0 Å². The van der Waals surface area contributed by atoms with Gasteiger partial charge in [-0.2, -0.15) is 0 Å². The molecule has 0 aliphatic rings. The van der Waals surface area contributed by atoms with Crippen LogP contribution in [0.5, 0.6) is 0 Å². The first-order valence-electron chi connectivity index (χ1n) is 6.93. The number of aromatic nitrogens is 1. The van der Waals surface area contributed by atoms with Crippen molar-refractivity contribution in [3.05, 3.63) is 34.5 Å². The molecule has 0 N–H and O–H groups in total. The second-order valence-corrected chi connectivity index (χ2v) is 6.14. The van der Waals surface area contributed by atoms with Gasteiger partial charge in [0.1, 0.15) is 0 Å². The highest BCUT2D eigenvalue weighted by molar-refractivity contribution is 5.91. The zero-order chi connectivity index (χ0) is 13.6. The van der Waals surface area contributed by atoms with Gasteiger partial charge in [-0.05, 0) is 47.9 Å². The Bertz CT molecular complexity index is 585. The van der Waals surface area contributed by atoms with E-state index >= 15 is 0 Å². The van der Waals surface area contributed by atoms with E-state index < -0.39 is 0 Å². The highest BCUT2D eigenvalue weighted by Gasteiger charge is 2.18. The molecule has 0 saturated heterocycles. The molecule has 2 aromatic rings. The Morgan fingerprint density at radius 2 is 1.50 bits per heavy atom. The average Bonchev–Trinajstić information content (AvgIpc) is 2.61. The molecule has 18 heavy (non-hydrogen) atoms. The molecule has 2 rings (SSSR count). The van der Waals surface area contributed by atoms with Gasteiger partial charge in [-0.3, -0.25) is 0 Å². The summed E-state index contributed by atoms with van der Waals surface area (Å²) in [4.78, 5) is 0. The van der Waals surface area contributed by atoms with Gasteiger partial charge in [-0.1, -0.05) is 33.8 Å². The van der Waals surface area contributed by atoms with Crippen LogP contribution < -0.4 is 0 Å². The van der Waals surface area contributed by atoms with Crippen LogP contribution in [-0.2, 0) is 7.05 Å². The lowest BCUT2D eigenvalue weighted by molar-refractivity contribution is 0.848. The third-order valence-corrected chi connectivity index (χ3v) is 4.06. The van der Waals surface area contributed by atoms with Crippen molar-refractivity contribution in [2.45, 2.75) is 53.4 Å². The summed E-state index contributed by atoms with van der Waals surface area (Å²) in [5.74, 6) is 1.15. The fraction of sp³-hybridized carbons (Fsp3) is 0.529. The molecular weight excluding hydrogens is 218 g/mol. The minimum absolute atomic E-state index is 0.576. The van der Waals surface area contributed by atoms with Gasteiger partial charge in [0.05, 0.1) is 5.52 Å². The Morgan fingerprint density at radius 1 is 0.944 bits per heavy atom. The van der Waals surface area contributed by atoms with Gasteiger partial charge in [-0.25, -0.2) is 0 Å². The number of nitrogens with zero attached hydrogens (tertiary/aromatic N) is 1. The summed E-state index contributed by atoms with van der Waals surface area (Å²) >= 11 is 0. The summed E-state index contributed by atoms with van der Waals surface area (Å²) in [7, 11) is 2.17. The number of benzene rings is 1. The third kappa shape index (κ3) is 1.86. The van der Waals surface area contributed by atoms with Crippen LogP contribution in [0, 0.1) is 13.8 Å². The van der Waals surface area contributed by atoms with Gasteiger partial charge >= 0.3 is 0 Å². The monoisotopic (exact) mass is 243 g/mol. The Balaban J connectivity index is 2.97. The van der Waals surface area contributed by atoms with E-state index in [0.29, 0.717) is 11.8 Å². The summed E-state index contributed by atoms with van der Waals surface area (Å²) in [6, 6.07) is 2.38. The zero-order valence-electron chi connectivity index (χ0n) is 12.8. The van der Waals surface area contributed by atoms with Crippen molar-refractivity contribution in [1.82, 2.24) is 4.57 Å². The van der Waals surface area contributed by atoms with Crippen molar-refractivity contribution < 1.29 is 0 Å². The second-order valence-electron chi connectivity index (χ2n) is 6.14. The molecule has 1 aromatic carbocycles. The lowest BCUT2D eigenvalue weighted by Gasteiger charge is -2.15. The van der Waals surface area contributed by atoms with Crippen LogP contribution in [0.25, 0.3) is 10.9 Å². The van der Waals surface area contributed by atoms with Crippen LogP contribution in [0.15, 0.2) is 12.3 Å². The maximum atomic E-state index is 2.38. The van der Waals surface area contributed by atoms with Gasteiger partial charge in [0, 0.05) is 18.6 Å². The molecule has 0 radical (unpaired) electrons. The first-order chi connectivity index (χ1) is 8.34. The summed E-state index contributed by atoms with van der Waals surface area (Å²) < 4.78 is 2.30. The predicted octanol–water partition coefficient (Wildman–Crippen LogP) is 5.04. The van der Waals surface area contributed by atoms with Gasteiger partial charge in [0.2, 0.25) is 0 Å². The van der Waals surface area contributed by atoms with E-state index in [2.05, 4.69) is 65.4 Å². The smallest absolute Gasteiger partial charge is 0.0515 e. The summed E-state index contributed by atoms with van der Waals surface area (Å²) in [6.07, 6.45) is 2.31. The number of rotatable bonds is 2. The summed E-state index contributed by atoms with van der Waals surface area (Å²) in [5, 5.41) is 1.49. The molecule has 0 saturated carbocycles. The van der Waals surface area contributed by atoms with Crippen LogP contribution in [0.3, 0.4) is 0 Å². The van der Waals surface area contributed by atoms with Crippen molar-refractivity contribution in [3.63, 3.8) is 0 Å². The molecule has 0 fully saturated rings. The van der Waals surface area contributed by atoms with Crippen molar-refractivity contribution in [2.75, 3.05) is 0 Å². The SMILES string of the molecule is Cc1cc(C(C)C)c2c(C(C)C)cn(C)c2c1C. The van der Waals surface area contributed by atoms with Crippen molar-refractivity contribution in [2.24, 2.45) is 7.05 Å². The van der Waals surface area contributed by atoms with Gasteiger partial charge in [0.15, 0.2) is 0 Å². The van der Waals surface area contributed by atoms with Crippen LogP contribution in [0.4, 0.5) is 0 Å². The molecule has 0 amide bonds. The molecule has 0 unspecified atom stereocenters. The van der Waals surface area contributed by atoms with Gasteiger partial charge < -0.3 is 4.57 Å². The van der Waals surface area contributed by atoms with E-state index in [1.54, 1.807) is 0 Å². The molecule has 1 heterocycles. The Kier molecular flexibility index (Phi) is 3.27. The van der Waals surface area contributed by atoms with E-state index in [0.717, 1.165) is 0 Å². The first kappa shape index (κ1) is 13.2. The molecule has 0 bridgehead atoms. The predicted molar refractivity (Wildman–Crippen MR) is 80.6 cm³/mol. The highest BCUT2D eigenvalue weighted by atomic mass is 14.9. The minimum atomic E-state index is 0.576. The molecule has 1 aromatic heterocycles. The van der Waals surface area contributed by atoms with Crippen LogP contribution in [-0.4, -0.2) is 4.57 Å². The van der Waals surface area contributed by atoms with Crippen LogP contribution in [0.1, 0.15) is 61.8 Å². The summed E-state index contributed by atoms with van der Waals surface area (Å²) in [6.45, 7) is 13.6. The largest absolute Gasteiger partial charge is 0.350 e. The molecule has 0 aliphatic carbocycles. The lowest BCUT2D eigenvalue weighted by Crippen LogP contribution is -1.97. The quantitative estimate of drug-likeness (QED) is 0.696. The Morgan fingerprint density at radius 3 is 2.00 bits per heavy atom. The maximum absolute atomic E-state index is 2.38. The lowest BCUT2D eigenvalue weighted by atomic mass is 9.90. The van der Waals surface area contributed by atoms with Crippen molar-refractivity contribution in [1.29, 1.82) is 0 Å². The maximum Gasteiger partial charge on any atom is 0.0515 e. The number of aryl methyl sites for hydroxylation is 3. The van der Waals surface area contributed by atoms with E-state index in [1.165, 1.54) is 33.2 Å². The molecular formula is C17H25N. The number of hydrogen-bond acceptors (Lipinski definition) is 0. The Hall–Kier alpha value is -1.24. The molecule has 0 atom stereocenters. The highest BCUT2D eigenvalue weighted by Crippen LogP contribution is 2.36. The fourth-order valence-electron chi connectivity index (χ4n) is 2.90. The second kappa shape index (κ2) is 4.46. The molecule has 1 heteroatoms. The van der Waals surface area contributed by atoms with E-state index in [4.69, 9.17) is 0 Å². The van der Waals surface area contributed by atoms with Gasteiger partial charge in [0.25, 0.3) is 0 Å². The molecule has 0 spiro atoms. The fourth-order valence-corrected chi connectivity index (χ4v) is 2.90. The number of fused-ring (bicyclic) bond motifs is 1. The zero-order valence-corrected chi connectivity index (χ0v) is 12.8. The molecule has 98 valence electrons. The molecule has 1 nitrogen and oxygen atoms in total. The van der Waals surface area contributed by atoms with Crippen molar-refractivity contribution in [3.8, 4) is 0 Å².